The molecule has 342 valence electrons. The van der Waals surface area contributed by atoms with Gasteiger partial charge in [0.1, 0.15) is 33.5 Å². The molecule has 0 spiro atoms. The topological polar surface area (TPSA) is 39.4 Å². The summed E-state index contributed by atoms with van der Waals surface area (Å²) < 4.78 is 23.8. The summed E-state index contributed by atoms with van der Waals surface area (Å²) in [6.45, 7) is 0. The molecular weight excluding hydrogens is 969 g/mol. The standard InChI is InChI=1S/C66H36O3S4/c1-4-16-53-47(13-1)50-30-39(19-22-56(50)67-53)37-9-7-11-42(25-37)59-33-63-65(70-59)35-61(72-63)45-27-44(41-21-24-58-52(32-41)49-15-3-6-18-55(49)69-58)28-46(29-45)62-36-66-64(73-62)34-60(71-66)43-12-8-10-38(26-43)40-20-23-57-51(31-40)48-14-2-5-17-54(48)68-57/h1-36H. The summed E-state index contributed by atoms with van der Waals surface area (Å²) in [7, 11) is 0. The predicted octanol–water partition coefficient (Wildman–Crippen LogP) is 21.6. The Kier molecular flexibility index (Phi) is 9.12. The highest BCUT2D eigenvalue weighted by molar-refractivity contribution is 7.31. The Hall–Kier alpha value is -8.30. The summed E-state index contributed by atoms with van der Waals surface area (Å²) in [5.41, 5.74) is 17.5. The number of thiophene rings is 4. The lowest BCUT2D eigenvalue weighted by Gasteiger charge is -2.09. The Labute approximate surface area is 433 Å². The van der Waals surface area contributed by atoms with Crippen LogP contribution in [0.15, 0.2) is 232 Å². The van der Waals surface area contributed by atoms with Gasteiger partial charge in [0.2, 0.25) is 0 Å². The van der Waals surface area contributed by atoms with E-state index in [9.17, 15) is 0 Å². The third-order valence-electron chi connectivity index (χ3n) is 14.3. The normalized spacial score (nSPS) is 12.1. The van der Waals surface area contributed by atoms with Gasteiger partial charge in [-0.2, -0.15) is 0 Å². The first-order valence-corrected chi connectivity index (χ1v) is 27.5. The molecule has 0 aliphatic carbocycles. The van der Waals surface area contributed by atoms with Gasteiger partial charge < -0.3 is 13.3 Å². The molecule has 0 atom stereocenters. The average molecular weight is 1010 g/mol. The highest BCUT2D eigenvalue weighted by Gasteiger charge is 2.18. The van der Waals surface area contributed by atoms with Crippen molar-refractivity contribution in [1.29, 1.82) is 0 Å². The second-order valence-corrected chi connectivity index (χ2v) is 23.1. The summed E-state index contributed by atoms with van der Waals surface area (Å²) in [5.74, 6) is 0. The molecule has 0 bridgehead atoms. The largest absolute Gasteiger partial charge is 0.456 e. The number of rotatable bonds is 7. The first-order valence-electron chi connectivity index (χ1n) is 24.2. The number of fused-ring (bicyclic) bond motifs is 11. The van der Waals surface area contributed by atoms with Crippen molar-refractivity contribution in [3.8, 4) is 75.1 Å². The quantitative estimate of drug-likeness (QED) is 0.160. The number of benzene rings is 9. The van der Waals surface area contributed by atoms with E-state index >= 15 is 0 Å². The first-order chi connectivity index (χ1) is 36.0. The number of hydrogen-bond acceptors (Lipinski definition) is 7. The number of para-hydroxylation sites is 3. The van der Waals surface area contributed by atoms with Crippen molar-refractivity contribution in [1.82, 2.24) is 0 Å². The Morgan fingerprint density at radius 2 is 0.479 bits per heavy atom. The molecule has 0 unspecified atom stereocenters. The van der Waals surface area contributed by atoms with E-state index in [4.69, 9.17) is 13.3 Å². The van der Waals surface area contributed by atoms with E-state index in [1.807, 2.05) is 75.7 Å². The van der Waals surface area contributed by atoms with E-state index in [0.717, 1.165) is 65.8 Å². The van der Waals surface area contributed by atoms with Gasteiger partial charge in [0.05, 0.1) is 0 Å². The molecule has 0 saturated heterocycles. The lowest BCUT2D eigenvalue weighted by molar-refractivity contribution is 0.668. The summed E-state index contributed by atoms with van der Waals surface area (Å²) in [5, 5.41) is 6.85. The van der Waals surface area contributed by atoms with Crippen molar-refractivity contribution in [3.63, 3.8) is 0 Å². The molecule has 7 heteroatoms. The number of hydrogen-bond donors (Lipinski definition) is 0. The minimum Gasteiger partial charge on any atom is -0.456 e. The molecule has 0 fully saturated rings. The van der Waals surface area contributed by atoms with Gasteiger partial charge in [0, 0.05) is 70.6 Å². The van der Waals surface area contributed by atoms with Crippen LogP contribution in [0.1, 0.15) is 0 Å². The van der Waals surface area contributed by atoms with Crippen LogP contribution in [0.25, 0.3) is 160 Å². The molecular formula is C66H36O3S4. The van der Waals surface area contributed by atoms with Crippen LogP contribution in [0.4, 0.5) is 0 Å². The van der Waals surface area contributed by atoms with Gasteiger partial charge >= 0.3 is 0 Å². The van der Waals surface area contributed by atoms with Crippen LogP contribution >= 0.6 is 45.3 Å². The molecule has 73 heavy (non-hydrogen) atoms. The first kappa shape index (κ1) is 41.3. The van der Waals surface area contributed by atoms with Crippen molar-refractivity contribution in [2.45, 2.75) is 0 Å². The minimum absolute atomic E-state index is 0.904. The van der Waals surface area contributed by atoms with Crippen LogP contribution in [0, 0.1) is 0 Å². The molecule has 0 saturated carbocycles. The molecule has 7 aromatic heterocycles. The van der Waals surface area contributed by atoms with Gasteiger partial charge in [0.25, 0.3) is 0 Å². The van der Waals surface area contributed by atoms with Crippen molar-refractivity contribution < 1.29 is 13.3 Å². The molecule has 0 radical (unpaired) electrons. The second kappa shape index (κ2) is 16.1. The van der Waals surface area contributed by atoms with E-state index < -0.39 is 0 Å². The van der Waals surface area contributed by atoms with Gasteiger partial charge in [-0.15, -0.1) is 45.3 Å². The fraction of sp³-hybridized carbons (Fsp3) is 0. The fourth-order valence-electron chi connectivity index (χ4n) is 10.7. The molecule has 7 heterocycles. The number of furan rings is 3. The molecule has 0 aliphatic rings. The molecule has 16 aromatic rings. The maximum atomic E-state index is 6.27. The summed E-state index contributed by atoms with van der Waals surface area (Å²) >= 11 is 7.49. The van der Waals surface area contributed by atoms with Crippen LogP contribution in [0.3, 0.4) is 0 Å². The Bertz CT molecular complexity index is 4580. The van der Waals surface area contributed by atoms with Crippen LogP contribution in [0.5, 0.6) is 0 Å². The molecule has 0 amide bonds. The minimum atomic E-state index is 0.904. The van der Waals surface area contributed by atoms with Gasteiger partial charge in [-0.05, 0) is 165 Å². The molecule has 3 nitrogen and oxygen atoms in total. The van der Waals surface area contributed by atoms with Gasteiger partial charge in [-0.3, -0.25) is 0 Å². The monoisotopic (exact) mass is 1000 g/mol. The molecule has 16 rings (SSSR count). The zero-order valence-electron chi connectivity index (χ0n) is 38.6. The van der Waals surface area contributed by atoms with Crippen LogP contribution < -0.4 is 0 Å². The Morgan fingerprint density at radius 1 is 0.192 bits per heavy atom. The Balaban J connectivity index is 0.753. The molecule has 0 aliphatic heterocycles. The molecule has 9 aromatic carbocycles. The zero-order valence-corrected chi connectivity index (χ0v) is 41.9. The predicted molar refractivity (Wildman–Crippen MR) is 313 cm³/mol. The van der Waals surface area contributed by atoms with E-state index in [-0.39, 0.29) is 0 Å². The van der Waals surface area contributed by atoms with Crippen LogP contribution in [0.2, 0.25) is 0 Å². The smallest absolute Gasteiger partial charge is 0.135 e. The van der Waals surface area contributed by atoms with Crippen molar-refractivity contribution in [2.75, 3.05) is 0 Å². The zero-order chi connectivity index (χ0) is 47.7. The van der Waals surface area contributed by atoms with Crippen LogP contribution in [-0.2, 0) is 0 Å². The van der Waals surface area contributed by atoms with Crippen LogP contribution in [-0.4, -0.2) is 0 Å². The van der Waals surface area contributed by atoms with Crippen molar-refractivity contribution in [2.24, 2.45) is 0 Å². The van der Waals surface area contributed by atoms with E-state index in [1.54, 1.807) is 0 Å². The summed E-state index contributed by atoms with van der Waals surface area (Å²) in [6.07, 6.45) is 0. The Morgan fingerprint density at radius 3 is 0.877 bits per heavy atom. The molecule has 0 N–H and O–H groups in total. The summed E-state index contributed by atoms with van der Waals surface area (Å²) in [4.78, 5) is 5.07. The fourth-order valence-corrected chi connectivity index (χ4v) is 15.5. The van der Waals surface area contributed by atoms with Crippen molar-refractivity contribution in [3.05, 3.63) is 218 Å². The third-order valence-corrected chi connectivity index (χ3v) is 19.1. The highest BCUT2D eigenvalue weighted by atomic mass is 32.1. The maximum absolute atomic E-state index is 6.27. The van der Waals surface area contributed by atoms with E-state index in [2.05, 4.69) is 188 Å². The van der Waals surface area contributed by atoms with E-state index in [1.165, 1.54) is 93.9 Å². The highest BCUT2D eigenvalue weighted by Crippen LogP contribution is 2.48. The average Bonchev–Trinajstić information content (AvgIpc) is 4.32. The lowest BCUT2D eigenvalue weighted by Crippen LogP contribution is -1.83. The van der Waals surface area contributed by atoms with Gasteiger partial charge in [-0.25, -0.2) is 0 Å². The maximum Gasteiger partial charge on any atom is 0.135 e. The van der Waals surface area contributed by atoms with Gasteiger partial charge in [-0.1, -0.05) is 109 Å². The second-order valence-electron chi connectivity index (χ2n) is 18.8. The van der Waals surface area contributed by atoms with E-state index in [0.29, 0.717) is 0 Å². The third kappa shape index (κ3) is 6.88. The van der Waals surface area contributed by atoms with Crippen molar-refractivity contribution >= 4 is 130 Å². The van der Waals surface area contributed by atoms with Gasteiger partial charge in [0.15, 0.2) is 0 Å². The summed E-state index contributed by atoms with van der Waals surface area (Å²) in [6, 6.07) is 79.2. The lowest BCUT2D eigenvalue weighted by atomic mass is 9.97. The SMILES string of the molecule is c1cc(-c2ccc3oc4ccccc4c3c2)cc(-c2cc3sc(-c4cc(-c5ccc6oc7ccccc7c6c5)cc(-c5cc6sc(-c7cccc(-c8ccc9oc%10ccccc%10c9c8)c7)cc6s5)c4)cc3s2)c1.